The van der Waals surface area contributed by atoms with E-state index in [1.54, 1.807) is 7.11 Å². The second kappa shape index (κ2) is 5.32. The van der Waals surface area contributed by atoms with Gasteiger partial charge in [-0.25, -0.2) is 0 Å². The highest BCUT2D eigenvalue weighted by Crippen LogP contribution is 2.25. The minimum atomic E-state index is -0.452. The molecule has 0 radical (unpaired) electrons. The van der Waals surface area contributed by atoms with E-state index in [0.29, 0.717) is 13.2 Å². The van der Waals surface area contributed by atoms with E-state index in [4.69, 9.17) is 15.2 Å². The first-order valence-electron chi connectivity index (χ1n) is 5.53. The highest BCUT2D eigenvalue weighted by atomic mass is 16.5. The summed E-state index contributed by atoms with van der Waals surface area (Å²) in [6.45, 7) is 7.20. The second-order valence-electron chi connectivity index (χ2n) is 4.24. The number of nitrogens with two attached hydrogens (primary N) is 1. The van der Waals surface area contributed by atoms with Gasteiger partial charge in [0.2, 0.25) is 0 Å². The first kappa shape index (κ1) is 13.0. The fourth-order valence-corrected chi connectivity index (χ4v) is 1.80. The Bertz CT molecular complexity index is 348. The maximum absolute atomic E-state index is 6.25. The van der Waals surface area contributed by atoms with Crippen LogP contribution in [0.3, 0.4) is 0 Å². The van der Waals surface area contributed by atoms with Crippen molar-refractivity contribution in [2.24, 2.45) is 5.73 Å². The van der Waals surface area contributed by atoms with Crippen LogP contribution in [0.15, 0.2) is 18.2 Å². The molecule has 0 saturated carbocycles. The topological polar surface area (TPSA) is 44.5 Å². The minimum Gasteiger partial charge on any atom is -0.497 e. The highest BCUT2D eigenvalue weighted by Gasteiger charge is 2.23. The van der Waals surface area contributed by atoms with Crippen molar-refractivity contribution in [3.05, 3.63) is 29.3 Å². The van der Waals surface area contributed by atoms with Gasteiger partial charge >= 0.3 is 0 Å². The van der Waals surface area contributed by atoms with Gasteiger partial charge < -0.3 is 15.2 Å². The Morgan fingerprint density at radius 2 is 2.06 bits per heavy atom. The molecule has 0 bridgehead atoms. The number of hydrogen-bond donors (Lipinski definition) is 1. The lowest BCUT2D eigenvalue weighted by Gasteiger charge is -2.26. The fourth-order valence-electron chi connectivity index (χ4n) is 1.80. The number of hydrogen-bond acceptors (Lipinski definition) is 3. The van der Waals surface area contributed by atoms with Gasteiger partial charge in [-0.1, -0.05) is 6.07 Å². The van der Waals surface area contributed by atoms with Crippen LogP contribution < -0.4 is 10.5 Å². The first-order valence-corrected chi connectivity index (χ1v) is 5.53. The van der Waals surface area contributed by atoms with Crippen LogP contribution in [-0.4, -0.2) is 20.3 Å². The van der Waals surface area contributed by atoms with Crippen molar-refractivity contribution in [2.75, 3.05) is 20.3 Å². The predicted molar refractivity (Wildman–Crippen MR) is 65.8 cm³/mol. The molecule has 0 aliphatic rings. The molecule has 0 fully saturated rings. The van der Waals surface area contributed by atoms with Gasteiger partial charge in [0.1, 0.15) is 5.75 Å². The SMILES string of the molecule is CCOCC(C)(N)c1ccc(OC)cc1C. The van der Waals surface area contributed by atoms with Crippen LogP contribution in [0.1, 0.15) is 25.0 Å². The zero-order chi connectivity index (χ0) is 12.2. The average molecular weight is 223 g/mol. The molecular weight excluding hydrogens is 202 g/mol. The van der Waals surface area contributed by atoms with Crippen LogP contribution in [0.2, 0.25) is 0 Å². The van der Waals surface area contributed by atoms with E-state index in [9.17, 15) is 0 Å². The Hall–Kier alpha value is -1.06. The molecule has 0 aliphatic carbocycles. The molecule has 90 valence electrons. The van der Waals surface area contributed by atoms with E-state index in [1.807, 2.05) is 39.0 Å². The zero-order valence-corrected chi connectivity index (χ0v) is 10.5. The number of ether oxygens (including phenoxy) is 2. The van der Waals surface area contributed by atoms with Crippen LogP contribution in [0.25, 0.3) is 0 Å². The van der Waals surface area contributed by atoms with Gasteiger partial charge in [-0.15, -0.1) is 0 Å². The number of benzene rings is 1. The van der Waals surface area contributed by atoms with Crippen molar-refractivity contribution in [3.8, 4) is 5.75 Å². The maximum atomic E-state index is 6.25. The van der Waals surface area contributed by atoms with Gasteiger partial charge in [0.15, 0.2) is 0 Å². The monoisotopic (exact) mass is 223 g/mol. The second-order valence-corrected chi connectivity index (χ2v) is 4.24. The van der Waals surface area contributed by atoms with Crippen molar-refractivity contribution >= 4 is 0 Å². The lowest BCUT2D eigenvalue weighted by molar-refractivity contribution is 0.101. The molecule has 2 N–H and O–H groups in total. The standard InChI is InChI=1S/C13H21NO2/c1-5-16-9-13(3,14)12-7-6-11(15-4)8-10(12)2/h6-8H,5,9,14H2,1-4H3. The minimum absolute atomic E-state index is 0.452. The Morgan fingerprint density at radius 3 is 2.56 bits per heavy atom. The summed E-state index contributed by atoms with van der Waals surface area (Å²) >= 11 is 0. The third-order valence-corrected chi connectivity index (χ3v) is 2.65. The summed E-state index contributed by atoms with van der Waals surface area (Å²) in [6, 6.07) is 5.93. The molecular formula is C13H21NO2. The summed E-state index contributed by atoms with van der Waals surface area (Å²) in [5.74, 6) is 0.855. The van der Waals surface area contributed by atoms with Crippen molar-refractivity contribution in [2.45, 2.75) is 26.3 Å². The van der Waals surface area contributed by atoms with Crippen LogP contribution in [0.5, 0.6) is 5.75 Å². The summed E-state index contributed by atoms with van der Waals surface area (Å²) in [5.41, 5.74) is 8.03. The molecule has 16 heavy (non-hydrogen) atoms. The zero-order valence-electron chi connectivity index (χ0n) is 10.5. The van der Waals surface area contributed by atoms with Gasteiger partial charge in [-0.3, -0.25) is 0 Å². The highest BCUT2D eigenvalue weighted by molar-refractivity contribution is 5.38. The molecule has 1 aromatic carbocycles. The summed E-state index contributed by atoms with van der Waals surface area (Å²) in [6.07, 6.45) is 0. The van der Waals surface area contributed by atoms with Crippen molar-refractivity contribution in [1.29, 1.82) is 0 Å². The first-order chi connectivity index (χ1) is 7.51. The number of rotatable bonds is 5. The van der Waals surface area contributed by atoms with Crippen molar-refractivity contribution in [1.82, 2.24) is 0 Å². The van der Waals surface area contributed by atoms with Gasteiger partial charge in [0.25, 0.3) is 0 Å². The predicted octanol–water partition coefficient (Wildman–Crippen LogP) is 2.21. The van der Waals surface area contributed by atoms with Crippen molar-refractivity contribution < 1.29 is 9.47 Å². The third-order valence-electron chi connectivity index (χ3n) is 2.65. The van der Waals surface area contributed by atoms with Gasteiger partial charge in [-0.05, 0) is 44.0 Å². The molecule has 1 rings (SSSR count). The summed E-state index contributed by atoms with van der Waals surface area (Å²) in [4.78, 5) is 0. The van der Waals surface area contributed by atoms with E-state index < -0.39 is 5.54 Å². The third kappa shape index (κ3) is 2.97. The largest absolute Gasteiger partial charge is 0.497 e. The average Bonchev–Trinajstić information content (AvgIpc) is 2.25. The van der Waals surface area contributed by atoms with E-state index >= 15 is 0 Å². The molecule has 0 spiro atoms. The van der Waals surface area contributed by atoms with E-state index in [1.165, 1.54) is 0 Å². The molecule has 3 nitrogen and oxygen atoms in total. The molecule has 1 atom stereocenters. The van der Waals surface area contributed by atoms with Crippen LogP contribution in [0.4, 0.5) is 0 Å². The van der Waals surface area contributed by atoms with E-state index in [-0.39, 0.29) is 0 Å². The van der Waals surface area contributed by atoms with E-state index in [2.05, 4.69) is 0 Å². The van der Waals surface area contributed by atoms with Crippen LogP contribution in [-0.2, 0) is 10.3 Å². The van der Waals surface area contributed by atoms with Gasteiger partial charge in [0.05, 0.1) is 19.3 Å². The molecule has 1 aromatic rings. The molecule has 0 aromatic heterocycles. The van der Waals surface area contributed by atoms with Gasteiger partial charge in [0, 0.05) is 6.61 Å². The Balaban J connectivity index is 2.94. The Kier molecular flexibility index (Phi) is 4.33. The molecule has 0 aliphatic heterocycles. The quantitative estimate of drug-likeness (QED) is 0.832. The van der Waals surface area contributed by atoms with Crippen LogP contribution >= 0.6 is 0 Å². The van der Waals surface area contributed by atoms with Gasteiger partial charge in [-0.2, -0.15) is 0 Å². The number of aryl methyl sites for hydroxylation is 1. The lowest BCUT2D eigenvalue weighted by Crippen LogP contribution is -2.38. The van der Waals surface area contributed by atoms with E-state index in [0.717, 1.165) is 16.9 Å². The fraction of sp³-hybridized carbons (Fsp3) is 0.538. The summed E-state index contributed by atoms with van der Waals surface area (Å²) in [5, 5.41) is 0. The molecule has 0 heterocycles. The molecule has 1 unspecified atom stereocenters. The Labute approximate surface area is 97.6 Å². The molecule has 0 amide bonds. The number of methoxy groups -OCH3 is 1. The summed E-state index contributed by atoms with van der Waals surface area (Å²) < 4.78 is 10.6. The lowest BCUT2D eigenvalue weighted by atomic mass is 9.90. The summed E-state index contributed by atoms with van der Waals surface area (Å²) in [7, 11) is 1.66. The Morgan fingerprint density at radius 1 is 1.38 bits per heavy atom. The van der Waals surface area contributed by atoms with Crippen molar-refractivity contribution in [3.63, 3.8) is 0 Å². The molecule has 3 heteroatoms. The smallest absolute Gasteiger partial charge is 0.119 e. The normalized spacial score (nSPS) is 14.6. The van der Waals surface area contributed by atoms with Crippen LogP contribution in [0, 0.1) is 6.92 Å². The molecule has 0 saturated heterocycles. The maximum Gasteiger partial charge on any atom is 0.119 e.